The lowest BCUT2D eigenvalue weighted by atomic mass is 10.1. The number of carbonyl (C=O) groups excluding carboxylic acids is 1. The number of nitrogens with one attached hydrogen (secondary N) is 2. The fourth-order valence-electron chi connectivity index (χ4n) is 3.08. The molecule has 1 aromatic heterocycles. The van der Waals surface area contributed by atoms with E-state index in [4.69, 9.17) is 10.5 Å². The Hall–Kier alpha value is -2.65. The van der Waals surface area contributed by atoms with Crippen LogP contribution in [-0.2, 0) is 4.74 Å². The second-order valence-electron chi connectivity index (χ2n) is 6.47. The lowest BCUT2D eigenvalue weighted by Crippen LogP contribution is -2.33. The van der Waals surface area contributed by atoms with Crippen molar-refractivity contribution in [2.24, 2.45) is 0 Å². The normalized spacial score (nSPS) is 15.6. The summed E-state index contributed by atoms with van der Waals surface area (Å²) < 4.78 is 20.2. The molecule has 4 rings (SSSR count). The molecule has 10 heteroatoms. The number of nitrogen functional groups attached to an aromatic ring is 1. The van der Waals surface area contributed by atoms with Gasteiger partial charge in [-0.2, -0.15) is 5.10 Å². The van der Waals surface area contributed by atoms with Crippen LogP contribution in [0.3, 0.4) is 0 Å². The molecule has 1 saturated heterocycles. The molecule has 1 fully saturated rings. The molecule has 0 bridgehead atoms. The van der Waals surface area contributed by atoms with Gasteiger partial charge in [0.15, 0.2) is 0 Å². The molecule has 2 aromatic carbocycles. The van der Waals surface area contributed by atoms with Crippen LogP contribution in [0.2, 0.25) is 0 Å². The van der Waals surface area contributed by atoms with Gasteiger partial charge in [-0.05, 0) is 42.0 Å². The van der Waals surface area contributed by atoms with E-state index < -0.39 is 0 Å². The molecule has 0 radical (unpaired) electrons. The van der Waals surface area contributed by atoms with Gasteiger partial charge in [0.2, 0.25) is 0 Å². The number of hydrogen-bond donors (Lipinski definition) is 3. The lowest BCUT2D eigenvalue weighted by Gasteiger charge is -2.24. The highest BCUT2D eigenvalue weighted by atomic mass is 35.5. The van der Waals surface area contributed by atoms with Crippen molar-refractivity contribution in [2.75, 3.05) is 30.7 Å². The van der Waals surface area contributed by atoms with Crippen LogP contribution in [0.4, 0.5) is 15.9 Å². The topological polar surface area (TPSA) is 94.2 Å². The van der Waals surface area contributed by atoms with Crippen LogP contribution in [0.25, 0.3) is 5.69 Å². The van der Waals surface area contributed by atoms with E-state index in [0.29, 0.717) is 18.0 Å². The first-order chi connectivity index (χ1) is 13.6. The predicted molar refractivity (Wildman–Crippen MR) is 118 cm³/mol. The standard InChI is InChI=1S/C20H20FN5O2.2ClH/c21-14-3-7-16(8-4-14)26-19(22)17(11-24-26)20(27)25-15-5-1-13(2-6-15)18-12-23-9-10-28-18;;/h1-8,11,18,23H,9-10,12,22H2,(H,25,27);2*1H. The largest absolute Gasteiger partial charge is 0.383 e. The molecule has 0 saturated carbocycles. The van der Waals surface area contributed by atoms with Crippen LogP contribution in [0.5, 0.6) is 0 Å². The second kappa shape index (κ2) is 10.4. The molecule has 1 aliphatic heterocycles. The Kier molecular flexibility index (Phi) is 8.19. The number of hydrogen-bond acceptors (Lipinski definition) is 5. The third-order valence-electron chi connectivity index (χ3n) is 4.59. The van der Waals surface area contributed by atoms with E-state index >= 15 is 0 Å². The SMILES string of the molecule is Cl.Cl.Nc1c(C(=O)Nc2ccc(C3CNCCO3)cc2)cnn1-c1ccc(F)cc1. The van der Waals surface area contributed by atoms with E-state index in [1.807, 2.05) is 24.3 Å². The van der Waals surface area contributed by atoms with Gasteiger partial charge in [0.25, 0.3) is 5.91 Å². The van der Waals surface area contributed by atoms with E-state index in [2.05, 4.69) is 15.7 Å². The van der Waals surface area contributed by atoms with Crippen molar-refractivity contribution >= 4 is 42.2 Å². The van der Waals surface area contributed by atoms with Gasteiger partial charge < -0.3 is 21.1 Å². The zero-order valence-electron chi connectivity index (χ0n) is 15.9. The summed E-state index contributed by atoms with van der Waals surface area (Å²) in [5.41, 5.74) is 8.58. The lowest BCUT2D eigenvalue weighted by molar-refractivity contribution is 0.0277. The summed E-state index contributed by atoms with van der Waals surface area (Å²) >= 11 is 0. The predicted octanol–water partition coefficient (Wildman–Crippen LogP) is 3.35. The summed E-state index contributed by atoms with van der Waals surface area (Å²) in [5, 5.41) is 10.2. The fourth-order valence-corrected chi connectivity index (χ4v) is 3.08. The van der Waals surface area contributed by atoms with Crippen LogP contribution < -0.4 is 16.4 Å². The number of halogens is 3. The first kappa shape index (κ1) is 23.6. The highest BCUT2D eigenvalue weighted by Gasteiger charge is 2.18. The van der Waals surface area contributed by atoms with E-state index in [9.17, 15) is 9.18 Å². The maximum Gasteiger partial charge on any atom is 0.261 e. The summed E-state index contributed by atoms with van der Waals surface area (Å²) in [7, 11) is 0. The Morgan fingerprint density at radius 3 is 2.50 bits per heavy atom. The molecule has 30 heavy (non-hydrogen) atoms. The molecule has 160 valence electrons. The van der Waals surface area contributed by atoms with Crippen molar-refractivity contribution in [3.8, 4) is 5.69 Å². The molecule has 0 spiro atoms. The zero-order valence-corrected chi connectivity index (χ0v) is 17.5. The second-order valence-corrected chi connectivity index (χ2v) is 6.47. The van der Waals surface area contributed by atoms with Crippen molar-refractivity contribution in [3.63, 3.8) is 0 Å². The molecular formula is C20H22Cl2FN5O2. The van der Waals surface area contributed by atoms with Gasteiger partial charge in [0.05, 0.1) is 24.6 Å². The number of nitrogens with two attached hydrogens (primary N) is 1. The summed E-state index contributed by atoms with van der Waals surface area (Å²) in [6.45, 7) is 2.31. The number of rotatable bonds is 4. The molecule has 7 nitrogen and oxygen atoms in total. The number of ether oxygens (including phenoxy) is 1. The van der Waals surface area contributed by atoms with Crippen LogP contribution in [-0.4, -0.2) is 35.4 Å². The number of nitrogens with zero attached hydrogens (tertiary/aromatic N) is 2. The first-order valence-electron chi connectivity index (χ1n) is 8.95. The average Bonchev–Trinajstić information content (AvgIpc) is 3.11. The first-order valence-corrected chi connectivity index (χ1v) is 8.95. The third-order valence-corrected chi connectivity index (χ3v) is 4.59. The fraction of sp³-hybridized carbons (Fsp3) is 0.200. The molecule has 1 aliphatic rings. The van der Waals surface area contributed by atoms with E-state index in [0.717, 1.165) is 18.7 Å². The van der Waals surface area contributed by atoms with Gasteiger partial charge in [0.1, 0.15) is 17.2 Å². The van der Waals surface area contributed by atoms with Crippen molar-refractivity contribution < 1.29 is 13.9 Å². The minimum absolute atomic E-state index is 0. The average molecular weight is 454 g/mol. The molecule has 4 N–H and O–H groups in total. The summed E-state index contributed by atoms with van der Waals surface area (Å²) in [4.78, 5) is 12.6. The van der Waals surface area contributed by atoms with Gasteiger partial charge in [0, 0.05) is 18.8 Å². The minimum Gasteiger partial charge on any atom is -0.383 e. The molecule has 1 amide bonds. The van der Waals surface area contributed by atoms with Crippen LogP contribution in [0, 0.1) is 5.82 Å². The Labute approximate surface area is 185 Å². The van der Waals surface area contributed by atoms with Crippen LogP contribution >= 0.6 is 24.8 Å². The molecule has 1 atom stereocenters. The highest BCUT2D eigenvalue weighted by molar-refractivity contribution is 6.07. The quantitative estimate of drug-likeness (QED) is 0.562. The monoisotopic (exact) mass is 453 g/mol. The summed E-state index contributed by atoms with van der Waals surface area (Å²) in [5.74, 6) is -0.540. The van der Waals surface area contributed by atoms with Gasteiger partial charge in [-0.25, -0.2) is 9.07 Å². The highest BCUT2D eigenvalue weighted by Crippen LogP contribution is 2.22. The van der Waals surface area contributed by atoms with E-state index in [-0.39, 0.29) is 54.0 Å². The van der Waals surface area contributed by atoms with Crippen molar-refractivity contribution in [1.29, 1.82) is 0 Å². The number of anilines is 2. The molecule has 1 unspecified atom stereocenters. The Bertz CT molecular complexity index is 974. The Morgan fingerprint density at radius 2 is 1.87 bits per heavy atom. The van der Waals surface area contributed by atoms with Crippen molar-refractivity contribution in [3.05, 3.63) is 71.7 Å². The van der Waals surface area contributed by atoms with Crippen molar-refractivity contribution in [2.45, 2.75) is 6.10 Å². The van der Waals surface area contributed by atoms with Crippen molar-refractivity contribution in [1.82, 2.24) is 15.1 Å². The number of amides is 1. The van der Waals surface area contributed by atoms with E-state index in [1.54, 1.807) is 12.1 Å². The maximum absolute atomic E-state index is 13.1. The van der Waals surface area contributed by atoms with Crippen LogP contribution in [0.15, 0.2) is 54.7 Å². The molecule has 2 heterocycles. The minimum atomic E-state index is -0.366. The van der Waals surface area contributed by atoms with Gasteiger partial charge in [-0.1, -0.05) is 12.1 Å². The molecule has 3 aromatic rings. The molecule has 0 aliphatic carbocycles. The van der Waals surface area contributed by atoms with E-state index in [1.165, 1.54) is 23.0 Å². The zero-order chi connectivity index (χ0) is 19.5. The number of benzene rings is 2. The third kappa shape index (κ3) is 5.09. The number of morpholine rings is 1. The van der Waals surface area contributed by atoms with Gasteiger partial charge in [-0.3, -0.25) is 4.79 Å². The van der Waals surface area contributed by atoms with Gasteiger partial charge >= 0.3 is 0 Å². The molecular weight excluding hydrogens is 432 g/mol. The number of carbonyl (C=O) groups is 1. The van der Waals surface area contributed by atoms with Gasteiger partial charge in [-0.15, -0.1) is 24.8 Å². The smallest absolute Gasteiger partial charge is 0.261 e. The maximum atomic E-state index is 13.1. The van der Waals surface area contributed by atoms with Crippen LogP contribution in [0.1, 0.15) is 22.0 Å². The summed E-state index contributed by atoms with van der Waals surface area (Å²) in [6.07, 6.45) is 1.41. The Morgan fingerprint density at radius 1 is 1.17 bits per heavy atom. The summed E-state index contributed by atoms with van der Waals surface area (Å²) in [6, 6.07) is 13.2. The Balaban J connectivity index is 0.00000160. The number of aromatic nitrogens is 2.